The lowest BCUT2D eigenvalue weighted by atomic mass is 9.84. The van der Waals surface area contributed by atoms with Gasteiger partial charge in [-0.25, -0.2) is 0 Å². The van der Waals surface area contributed by atoms with Crippen LogP contribution in [-0.2, 0) is 4.79 Å². The number of carbonyl (C=O) groups is 1. The molecule has 0 aromatic heterocycles. The fraction of sp³-hybridized carbons (Fsp3) is 0.929. The Morgan fingerprint density at radius 3 is 2.28 bits per heavy atom. The van der Waals surface area contributed by atoms with Gasteiger partial charge in [-0.2, -0.15) is 0 Å². The van der Waals surface area contributed by atoms with E-state index in [-0.39, 0.29) is 12.0 Å². The topological polar surface area (TPSA) is 49.6 Å². The van der Waals surface area contributed by atoms with Gasteiger partial charge in [-0.1, -0.05) is 12.8 Å². The maximum absolute atomic E-state index is 12.5. The van der Waals surface area contributed by atoms with E-state index in [1.807, 2.05) is 4.90 Å². The lowest BCUT2D eigenvalue weighted by Crippen LogP contribution is -2.54. The molecule has 1 saturated carbocycles. The van der Waals surface area contributed by atoms with Crippen molar-refractivity contribution in [1.82, 2.24) is 9.80 Å². The van der Waals surface area contributed by atoms with Gasteiger partial charge >= 0.3 is 0 Å². The number of nitrogens with two attached hydrogens (primary N) is 1. The molecule has 1 aliphatic carbocycles. The first-order chi connectivity index (χ1) is 8.59. The van der Waals surface area contributed by atoms with Crippen LogP contribution in [0.4, 0.5) is 0 Å². The summed E-state index contributed by atoms with van der Waals surface area (Å²) in [4.78, 5) is 16.9. The van der Waals surface area contributed by atoms with Gasteiger partial charge in [-0.3, -0.25) is 9.69 Å². The van der Waals surface area contributed by atoms with E-state index in [1.54, 1.807) is 0 Å². The van der Waals surface area contributed by atoms with E-state index in [9.17, 15) is 4.79 Å². The smallest absolute Gasteiger partial charge is 0.227 e. The summed E-state index contributed by atoms with van der Waals surface area (Å²) in [5, 5.41) is 0. The van der Waals surface area contributed by atoms with Crippen LogP contribution in [0, 0.1) is 5.92 Å². The maximum atomic E-state index is 12.5. The molecule has 1 aliphatic heterocycles. The van der Waals surface area contributed by atoms with Gasteiger partial charge in [-0.15, -0.1) is 0 Å². The number of piperazine rings is 1. The second-order valence-corrected chi connectivity index (χ2v) is 6.01. The number of hydrogen-bond acceptors (Lipinski definition) is 3. The molecule has 2 fully saturated rings. The van der Waals surface area contributed by atoms with Crippen LogP contribution in [-0.4, -0.2) is 54.0 Å². The third kappa shape index (κ3) is 3.04. The summed E-state index contributed by atoms with van der Waals surface area (Å²) in [5.74, 6) is 0.398. The standard InChI is InChI=1S/C14H27N3O/c1-11(2)16-7-9-17(10-8-16)14(18)12-5-3-4-6-13(12)15/h11-13H,3-10,15H2,1-2H3. The van der Waals surface area contributed by atoms with Gasteiger partial charge in [0.25, 0.3) is 0 Å². The number of carbonyl (C=O) groups excluding carboxylic acids is 1. The van der Waals surface area contributed by atoms with E-state index >= 15 is 0 Å². The van der Waals surface area contributed by atoms with Crippen LogP contribution >= 0.6 is 0 Å². The van der Waals surface area contributed by atoms with Crippen molar-refractivity contribution >= 4 is 5.91 Å². The van der Waals surface area contributed by atoms with E-state index in [0.717, 1.165) is 45.4 Å². The Hall–Kier alpha value is -0.610. The summed E-state index contributed by atoms with van der Waals surface area (Å²) in [6.07, 6.45) is 4.36. The van der Waals surface area contributed by atoms with Gasteiger partial charge in [0.15, 0.2) is 0 Å². The van der Waals surface area contributed by atoms with Gasteiger partial charge in [-0.05, 0) is 26.7 Å². The maximum Gasteiger partial charge on any atom is 0.227 e. The first kappa shape index (κ1) is 13.8. The minimum absolute atomic E-state index is 0.0874. The van der Waals surface area contributed by atoms with Crippen molar-refractivity contribution in [3.8, 4) is 0 Å². The predicted octanol–water partition coefficient (Wildman–Crippen LogP) is 1.06. The average Bonchev–Trinajstić information content (AvgIpc) is 2.38. The first-order valence-corrected chi connectivity index (χ1v) is 7.38. The summed E-state index contributed by atoms with van der Waals surface area (Å²) in [5.41, 5.74) is 6.10. The van der Waals surface area contributed by atoms with Gasteiger partial charge in [0.05, 0.1) is 5.92 Å². The molecule has 1 saturated heterocycles. The Bertz CT molecular complexity index is 285. The van der Waals surface area contributed by atoms with E-state index < -0.39 is 0 Å². The minimum Gasteiger partial charge on any atom is -0.340 e. The van der Waals surface area contributed by atoms with E-state index in [2.05, 4.69) is 18.7 Å². The van der Waals surface area contributed by atoms with Gasteiger partial charge in [0.2, 0.25) is 5.91 Å². The third-order valence-corrected chi connectivity index (χ3v) is 4.49. The summed E-state index contributed by atoms with van der Waals surface area (Å²) in [7, 11) is 0. The van der Waals surface area contributed by atoms with Crippen LogP contribution < -0.4 is 5.73 Å². The SMILES string of the molecule is CC(C)N1CCN(C(=O)C2CCCCC2N)CC1. The molecule has 0 spiro atoms. The average molecular weight is 253 g/mol. The molecule has 0 aromatic carbocycles. The summed E-state index contributed by atoms with van der Waals surface area (Å²) < 4.78 is 0. The van der Waals surface area contributed by atoms with Gasteiger partial charge < -0.3 is 10.6 Å². The molecule has 2 atom stereocenters. The second kappa shape index (κ2) is 6.02. The molecule has 2 aliphatic rings. The second-order valence-electron chi connectivity index (χ2n) is 6.01. The van der Waals surface area contributed by atoms with Crippen molar-refractivity contribution in [2.45, 2.75) is 51.6 Å². The lowest BCUT2D eigenvalue weighted by Gasteiger charge is -2.39. The Kier molecular flexibility index (Phi) is 4.62. The fourth-order valence-corrected chi connectivity index (χ4v) is 3.16. The highest BCUT2D eigenvalue weighted by molar-refractivity contribution is 5.79. The highest BCUT2D eigenvalue weighted by atomic mass is 16.2. The van der Waals surface area contributed by atoms with Crippen molar-refractivity contribution in [2.24, 2.45) is 11.7 Å². The predicted molar refractivity (Wildman–Crippen MR) is 73.2 cm³/mol. The normalized spacial score (nSPS) is 30.8. The van der Waals surface area contributed by atoms with Crippen molar-refractivity contribution in [1.29, 1.82) is 0 Å². The molecule has 0 aromatic rings. The highest BCUT2D eigenvalue weighted by Gasteiger charge is 2.33. The first-order valence-electron chi connectivity index (χ1n) is 7.38. The van der Waals surface area contributed by atoms with Crippen molar-refractivity contribution in [3.63, 3.8) is 0 Å². The Morgan fingerprint density at radius 1 is 1.11 bits per heavy atom. The number of rotatable bonds is 2. The van der Waals surface area contributed by atoms with Crippen LogP contribution in [0.25, 0.3) is 0 Å². The van der Waals surface area contributed by atoms with Crippen LogP contribution in [0.5, 0.6) is 0 Å². The fourth-order valence-electron chi connectivity index (χ4n) is 3.16. The summed E-state index contributed by atoms with van der Waals surface area (Å²) in [6, 6.07) is 0.675. The summed E-state index contributed by atoms with van der Waals surface area (Å²) in [6.45, 7) is 8.19. The largest absolute Gasteiger partial charge is 0.340 e. The monoisotopic (exact) mass is 253 g/mol. The molecule has 0 bridgehead atoms. The van der Waals surface area contributed by atoms with Crippen molar-refractivity contribution in [2.75, 3.05) is 26.2 Å². The number of amides is 1. The number of hydrogen-bond donors (Lipinski definition) is 1. The Labute approximate surface area is 110 Å². The van der Waals surface area contributed by atoms with Crippen LogP contribution in [0.3, 0.4) is 0 Å². The Balaban J connectivity index is 1.87. The van der Waals surface area contributed by atoms with Crippen LogP contribution in [0.2, 0.25) is 0 Å². The minimum atomic E-state index is 0.0874. The quantitative estimate of drug-likeness (QED) is 0.800. The van der Waals surface area contributed by atoms with Crippen LogP contribution in [0.1, 0.15) is 39.5 Å². The molecule has 104 valence electrons. The van der Waals surface area contributed by atoms with Crippen LogP contribution in [0.15, 0.2) is 0 Å². The molecule has 2 rings (SSSR count). The zero-order valence-electron chi connectivity index (χ0n) is 11.8. The molecule has 2 N–H and O–H groups in total. The zero-order valence-corrected chi connectivity index (χ0v) is 11.8. The zero-order chi connectivity index (χ0) is 13.1. The molecule has 2 unspecified atom stereocenters. The lowest BCUT2D eigenvalue weighted by molar-refractivity contribution is -0.139. The molecule has 0 radical (unpaired) electrons. The van der Waals surface area contributed by atoms with Crippen molar-refractivity contribution < 1.29 is 4.79 Å². The Morgan fingerprint density at radius 2 is 1.72 bits per heavy atom. The van der Waals surface area contributed by atoms with E-state index in [4.69, 9.17) is 5.73 Å². The molecule has 1 heterocycles. The molecular formula is C14H27N3O. The van der Waals surface area contributed by atoms with Crippen molar-refractivity contribution in [3.05, 3.63) is 0 Å². The van der Waals surface area contributed by atoms with E-state index in [0.29, 0.717) is 11.9 Å². The number of nitrogens with zero attached hydrogens (tertiary/aromatic N) is 2. The summed E-state index contributed by atoms with van der Waals surface area (Å²) >= 11 is 0. The molecule has 18 heavy (non-hydrogen) atoms. The molecule has 4 nitrogen and oxygen atoms in total. The van der Waals surface area contributed by atoms with Gasteiger partial charge in [0, 0.05) is 38.3 Å². The highest BCUT2D eigenvalue weighted by Crippen LogP contribution is 2.25. The molecular weight excluding hydrogens is 226 g/mol. The van der Waals surface area contributed by atoms with E-state index in [1.165, 1.54) is 6.42 Å². The van der Waals surface area contributed by atoms with Gasteiger partial charge in [0.1, 0.15) is 0 Å². The molecule has 1 amide bonds. The molecule has 4 heteroatoms. The third-order valence-electron chi connectivity index (χ3n) is 4.49.